The topological polar surface area (TPSA) is 66.8 Å². The van der Waals surface area contributed by atoms with E-state index in [4.69, 9.17) is 9.84 Å². The first-order chi connectivity index (χ1) is 8.16. The van der Waals surface area contributed by atoms with E-state index in [0.717, 1.165) is 12.8 Å². The Hall–Kier alpha value is -1.36. The standard InChI is InChI=1S/C12H17NO4/c14-11(7-9-3-1-2-4-9)13-5-6-17-10(8-13)12(15)16/h1,3,9-10H,2,4-8H2,(H,15,16)/t9-,10-/m1/s1. The predicted octanol–water partition coefficient (Wildman–Crippen LogP) is 0.655. The van der Waals surface area contributed by atoms with Crippen molar-refractivity contribution in [3.63, 3.8) is 0 Å². The van der Waals surface area contributed by atoms with Gasteiger partial charge in [-0.2, -0.15) is 0 Å². The van der Waals surface area contributed by atoms with E-state index < -0.39 is 12.1 Å². The summed E-state index contributed by atoms with van der Waals surface area (Å²) in [5, 5.41) is 8.85. The molecule has 2 rings (SSSR count). The van der Waals surface area contributed by atoms with E-state index in [2.05, 4.69) is 12.2 Å². The molecule has 5 nitrogen and oxygen atoms in total. The maximum atomic E-state index is 12.0. The quantitative estimate of drug-likeness (QED) is 0.734. The molecule has 0 radical (unpaired) electrons. The molecule has 5 heteroatoms. The Morgan fingerprint density at radius 1 is 1.47 bits per heavy atom. The van der Waals surface area contributed by atoms with Gasteiger partial charge in [0.1, 0.15) is 0 Å². The zero-order valence-electron chi connectivity index (χ0n) is 9.67. The molecule has 2 aliphatic rings. The third-order valence-corrected chi connectivity index (χ3v) is 3.24. The molecular formula is C12H17NO4. The fourth-order valence-electron chi connectivity index (χ4n) is 2.24. The number of amides is 1. The molecule has 1 amide bonds. The fraction of sp³-hybridized carbons (Fsp3) is 0.667. The lowest BCUT2D eigenvalue weighted by atomic mass is 10.0. The van der Waals surface area contributed by atoms with Crippen LogP contribution in [0.2, 0.25) is 0 Å². The highest BCUT2D eigenvalue weighted by atomic mass is 16.5. The third kappa shape index (κ3) is 3.06. The lowest BCUT2D eigenvalue weighted by Crippen LogP contribution is -2.48. The molecule has 0 aromatic carbocycles. The molecule has 0 spiro atoms. The van der Waals surface area contributed by atoms with Gasteiger partial charge < -0.3 is 14.7 Å². The van der Waals surface area contributed by atoms with Gasteiger partial charge in [-0.15, -0.1) is 0 Å². The Morgan fingerprint density at radius 2 is 2.29 bits per heavy atom. The molecule has 94 valence electrons. The Kier molecular flexibility index (Phi) is 3.78. The number of carboxylic acid groups (broad SMARTS) is 1. The van der Waals surface area contributed by atoms with Crippen molar-refractivity contribution in [1.29, 1.82) is 0 Å². The van der Waals surface area contributed by atoms with Gasteiger partial charge in [0.15, 0.2) is 6.10 Å². The highest BCUT2D eigenvalue weighted by molar-refractivity contribution is 5.79. The van der Waals surface area contributed by atoms with Crippen LogP contribution in [0.3, 0.4) is 0 Å². The second-order valence-corrected chi connectivity index (χ2v) is 4.51. The Bertz CT molecular complexity index is 339. The first-order valence-corrected chi connectivity index (χ1v) is 5.95. The monoisotopic (exact) mass is 239 g/mol. The second-order valence-electron chi connectivity index (χ2n) is 4.51. The number of carbonyl (C=O) groups is 2. The van der Waals surface area contributed by atoms with Crippen LogP contribution in [-0.2, 0) is 14.3 Å². The van der Waals surface area contributed by atoms with Crippen LogP contribution in [-0.4, -0.2) is 47.7 Å². The Labute approximate surface area is 100 Å². The summed E-state index contributed by atoms with van der Waals surface area (Å²) in [6.45, 7) is 0.979. The molecule has 0 aromatic heterocycles. The molecule has 2 atom stereocenters. The van der Waals surface area contributed by atoms with Gasteiger partial charge in [0.2, 0.25) is 5.91 Å². The average molecular weight is 239 g/mol. The summed E-state index contributed by atoms with van der Waals surface area (Å²) >= 11 is 0. The minimum absolute atomic E-state index is 0.0381. The Morgan fingerprint density at radius 3 is 2.94 bits per heavy atom. The normalized spacial score (nSPS) is 28.4. The predicted molar refractivity (Wildman–Crippen MR) is 60.4 cm³/mol. The van der Waals surface area contributed by atoms with Crippen LogP contribution in [0.25, 0.3) is 0 Å². The minimum atomic E-state index is -0.997. The fourth-order valence-corrected chi connectivity index (χ4v) is 2.24. The van der Waals surface area contributed by atoms with Crippen molar-refractivity contribution in [2.75, 3.05) is 19.7 Å². The van der Waals surface area contributed by atoms with E-state index in [0.29, 0.717) is 25.5 Å². The molecule has 1 saturated heterocycles. The summed E-state index contributed by atoms with van der Waals surface area (Å²) in [6.07, 6.45) is 5.86. The number of carboxylic acids is 1. The van der Waals surface area contributed by atoms with E-state index in [-0.39, 0.29) is 12.5 Å². The number of carbonyl (C=O) groups excluding carboxylic acids is 1. The van der Waals surface area contributed by atoms with Crippen molar-refractivity contribution >= 4 is 11.9 Å². The molecule has 1 heterocycles. The minimum Gasteiger partial charge on any atom is -0.479 e. The zero-order chi connectivity index (χ0) is 12.3. The van der Waals surface area contributed by atoms with Crippen molar-refractivity contribution in [1.82, 2.24) is 4.90 Å². The van der Waals surface area contributed by atoms with Crippen LogP contribution < -0.4 is 0 Å². The van der Waals surface area contributed by atoms with Gasteiger partial charge in [-0.1, -0.05) is 12.2 Å². The van der Waals surface area contributed by atoms with Gasteiger partial charge >= 0.3 is 5.97 Å². The number of hydrogen-bond donors (Lipinski definition) is 1. The average Bonchev–Trinajstić information content (AvgIpc) is 2.82. The number of ether oxygens (including phenoxy) is 1. The zero-order valence-corrected chi connectivity index (χ0v) is 9.67. The molecule has 0 aromatic rings. The SMILES string of the molecule is O=C(O)[C@H]1CN(C(=O)C[C@@H]2C=CCC2)CCO1. The molecule has 1 fully saturated rings. The number of rotatable bonds is 3. The summed E-state index contributed by atoms with van der Waals surface area (Å²) in [6, 6.07) is 0. The number of nitrogens with zero attached hydrogens (tertiary/aromatic N) is 1. The van der Waals surface area contributed by atoms with Gasteiger partial charge in [0.05, 0.1) is 13.2 Å². The first-order valence-electron chi connectivity index (χ1n) is 5.95. The summed E-state index contributed by atoms with van der Waals surface area (Å²) in [4.78, 5) is 24.4. The van der Waals surface area contributed by atoms with Crippen molar-refractivity contribution in [2.24, 2.45) is 5.92 Å². The number of hydrogen-bond acceptors (Lipinski definition) is 3. The van der Waals surface area contributed by atoms with E-state index >= 15 is 0 Å². The smallest absolute Gasteiger partial charge is 0.334 e. The second kappa shape index (κ2) is 5.31. The number of allylic oxidation sites excluding steroid dienone is 2. The molecular weight excluding hydrogens is 222 g/mol. The summed E-state index contributed by atoms with van der Waals surface area (Å²) in [5.41, 5.74) is 0. The van der Waals surface area contributed by atoms with Crippen LogP contribution >= 0.6 is 0 Å². The van der Waals surface area contributed by atoms with Crippen LogP contribution in [0.15, 0.2) is 12.2 Å². The van der Waals surface area contributed by atoms with Crippen molar-refractivity contribution < 1.29 is 19.4 Å². The molecule has 1 N–H and O–H groups in total. The maximum Gasteiger partial charge on any atom is 0.334 e. The molecule has 0 bridgehead atoms. The lowest BCUT2D eigenvalue weighted by Gasteiger charge is -2.31. The summed E-state index contributed by atoms with van der Waals surface area (Å²) < 4.78 is 5.08. The molecule has 1 aliphatic heterocycles. The van der Waals surface area contributed by atoms with Gasteiger partial charge in [-0.05, 0) is 18.8 Å². The van der Waals surface area contributed by atoms with E-state index in [1.807, 2.05) is 0 Å². The molecule has 0 saturated carbocycles. The van der Waals surface area contributed by atoms with Crippen LogP contribution in [0.5, 0.6) is 0 Å². The summed E-state index contributed by atoms with van der Waals surface area (Å²) in [5.74, 6) is -0.631. The first kappa shape index (κ1) is 12.1. The van der Waals surface area contributed by atoms with Crippen molar-refractivity contribution in [2.45, 2.75) is 25.4 Å². The lowest BCUT2D eigenvalue weighted by molar-refractivity contribution is -0.159. The summed E-state index contributed by atoms with van der Waals surface area (Å²) in [7, 11) is 0. The highest BCUT2D eigenvalue weighted by Crippen LogP contribution is 2.21. The van der Waals surface area contributed by atoms with Crippen LogP contribution in [0.1, 0.15) is 19.3 Å². The van der Waals surface area contributed by atoms with Gasteiger partial charge in [-0.3, -0.25) is 4.79 Å². The molecule has 1 aliphatic carbocycles. The maximum absolute atomic E-state index is 12.0. The van der Waals surface area contributed by atoms with E-state index in [9.17, 15) is 9.59 Å². The van der Waals surface area contributed by atoms with E-state index in [1.165, 1.54) is 0 Å². The number of morpholine rings is 1. The van der Waals surface area contributed by atoms with Gasteiger partial charge in [0, 0.05) is 13.0 Å². The molecule has 0 unspecified atom stereocenters. The van der Waals surface area contributed by atoms with Crippen LogP contribution in [0, 0.1) is 5.92 Å². The largest absolute Gasteiger partial charge is 0.479 e. The van der Waals surface area contributed by atoms with Crippen molar-refractivity contribution in [3.8, 4) is 0 Å². The molecule has 17 heavy (non-hydrogen) atoms. The van der Waals surface area contributed by atoms with Gasteiger partial charge in [-0.25, -0.2) is 4.79 Å². The Balaban J connectivity index is 1.85. The highest BCUT2D eigenvalue weighted by Gasteiger charge is 2.29. The van der Waals surface area contributed by atoms with Crippen LogP contribution in [0.4, 0.5) is 0 Å². The van der Waals surface area contributed by atoms with Gasteiger partial charge in [0.25, 0.3) is 0 Å². The number of aliphatic carboxylic acids is 1. The van der Waals surface area contributed by atoms with Crippen molar-refractivity contribution in [3.05, 3.63) is 12.2 Å². The third-order valence-electron chi connectivity index (χ3n) is 3.24. The van der Waals surface area contributed by atoms with E-state index in [1.54, 1.807) is 4.90 Å².